The standard InChI is InChI=1S/C13H20N2O3S/c1-3-7-14(8-4-2)13(16)11-9-15(10-11)19(17,18)12-5-6-12/h3-4,11-12H,1-2,5-10H2. The van der Waals surface area contributed by atoms with Crippen molar-refractivity contribution in [3.8, 4) is 0 Å². The minimum atomic E-state index is -3.12. The number of sulfonamides is 1. The zero-order valence-electron chi connectivity index (χ0n) is 11.0. The van der Waals surface area contributed by atoms with Crippen LogP contribution in [0.3, 0.4) is 0 Å². The SMILES string of the molecule is C=CCN(CC=C)C(=O)C1CN(S(=O)(=O)C2CC2)C1. The van der Waals surface area contributed by atoms with Crippen molar-refractivity contribution in [1.29, 1.82) is 0 Å². The average Bonchev–Trinajstić information content (AvgIpc) is 3.10. The highest BCUT2D eigenvalue weighted by Gasteiger charge is 2.47. The van der Waals surface area contributed by atoms with Gasteiger partial charge in [-0.3, -0.25) is 4.79 Å². The number of rotatable bonds is 7. The third-order valence-corrected chi connectivity index (χ3v) is 5.85. The van der Waals surface area contributed by atoms with Gasteiger partial charge in [0.25, 0.3) is 0 Å². The van der Waals surface area contributed by atoms with Gasteiger partial charge in [-0.25, -0.2) is 8.42 Å². The summed E-state index contributed by atoms with van der Waals surface area (Å²) in [6.45, 7) is 8.82. The van der Waals surface area contributed by atoms with Crippen LogP contribution >= 0.6 is 0 Å². The fourth-order valence-corrected chi connectivity index (χ4v) is 4.13. The monoisotopic (exact) mass is 284 g/mol. The lowest BCUT2D eigenvalue weighted by molar-refractivity contribution is -0.137. The molecular formula is C13H20N2O3S. The molecule has 2 rings (SSSR count). The zero-order valence-corrected chi connectivity index (χ0v) is 11.8. The molecule has 0 aromatic heterocycles. The van der Waals surface area contributed by atoms with E-state index in [4.69, 9.17) is 0 Å². The summed E-state index contributed by atoms with van der Waals surface area (Å²) in [6, 6.07) is 0. The molecule has 1 heterocycles. The first kappa shape index (κ1) is 14.3. The molecule has 19 heavy (non-hydrogen) atoms. The molecular weight excluding hydrogens is 264 g/mol. The quantitative estimate of drug-likeness (QED) is 0.644. The number of nitrogens with zero attached hydrogens (tertiary/aromatic N) is 2. The summed E-state index contributed by atoms with van der Waals surface area (Å²) in [7, 11) is -3.12. The van der Waals surface area contributed by atoms with Crippen molar-refractivity contribution in [2.75, 3.05) is 26.2 Å². The van der Waals surface area contributed by atoms with Crippen molar-refractivity contribution in [3.63, 3.8) is 0 Å². The summed E-state index contributed by atoms with van der Waals surface area (Å²) in [6.07, 6.45) is 4.85. The first-order valence-corrected chi connectivity index (χ1v) is 8.00. The fourth-order valence-electron chi connectivity index (χ4n) is 2.20. The Labute approximate surface area is 114 Å². The predicted molar refractivity (Wildman–Crippen MR) is 74.0 cm³/mol. The Hall–Kier alpha value is -1.14. The Morgan fingerprint density at radius 1 is 1.21 bits per heavy atom. The lowest BCUT2D eigenvalue weighted by Gasteiger charge is -2.39. The molecule has 0 radical (unpaired) electrons. The molecule has 106 valence electrons. The highest BCUT2D eigenvalue weighted by atomic mass is 32.2. The molecule has 0 atom stereocenters. The minimum Gasteiger partial charge on any atom is -0.335 e. The molecule has 0 bridgehead atoms. The lowest BCUT2D eigenvalue weighted by Crippen LogP contribution is -2.57. The van der Waals surface area contributed by atoms with E-state index in [0.29, 0.717) is 26.2 Å². The van der Waals surface area contributed by atoms with Gasteiger partial charge in [-0.1, -0.05) is 12.2 Å². The van der Waals surface area contributed by atoms with Crippen LogP contribution in [0.5, 0.6) is 0 Å². The maximum absolute atomic E-state index is 12.2. The molecule has 5 nitrogen and oxygen atoms in total. The second-order valence-corrected chi connectivity index (χ2v) is 7.29. The van der Waals surface area contributed by atoms with Crippen molar-refractivity contribution in [3.05, 3.63) is 25.3 Å². The Balaban J connectivity index is 1.89. The first-order chi connectivity index (χ1) is 9.00. The van der Waals surface area contributed by atoms with Crippen molar-refractivity contribution < 1.29 is 13.2 Å². The molecule has 1 saturated carbocycles. The third-order valence-electron chi connectivity index (χ3n) is 3.51. The van der Waals surface area contributed by atoms with Gasteiger partial charge < -0.3 is 4.90 Å². The van der Waals surface area contributed by atoms with Gasteiger partial charge >= 0.3 is 0 Å². The molecule has 0 aromatic rings. The van der Waals surface area contributed by atoms with E-state index in [1.165, 1.54) is 4.31 Å². The Morgan fingerprint density at radius 3 is 2.16 bits per heavy atom. The van der Waals surface area contributed by atoms with Crippen LogP contribution in [0, 0.1) is 5.92 Å². The van der Waals surface area contributed by atoms with Gasteiger partial charge in [0.1, 0.15) is 0 Å². The van der Waals surface area contributed by atoms with Crippen LogP contribution in [-0.4, -0.2) is 55.0 Å². The van der Waals surface area contributed by atoms with Crippen LogP contribution in [0.15, 0.2) is 25.3 Å². The van der Waals surface area contributed by atoms with Crippen LogP contribution in [-0.2, 0) is 14.8 Å². The highest BCUT2D eigenvalue weighted by Crippen LogP contribution is 2.34. The van der Waals surface area contributed by atoms with E-state index < -0.39 is 10.0 Å². The van der Waals surface area contributed by atoms with E-state index in [2.05, 4.69) is 13.2 Å². The number of carbonyl (C=O) groups excluding carboxylic acids is 1. The maximum Gasteiger partial charge on any atom is 0.228 e. The van der Waals surface area contributed by atoms with Gasteiger partial charge in [0.2, 0.25) is 15.9 Å². The molecule has 1 aliphatic heterocycles. The van der Waals surface area contributed by atoms with Crippen molar-refractivity contribution in [2.45, 2.75) is 18.1 Å². The highest BCUT2D eigenvalue weighted by molar-refractivity contribution is 7.90. The average molecular weight is 284 g/mol. The third kappa shape index (κ3) is 2.90. The van der Waals surface area contributed by atoms with Crippen LogP contribution in [0.25, 0.3) is 0 Å². The molecule has 0 unspecified atom stereocenters. The molecule has 0 N–H and O–H groups in total. The molecule has 0 spiro atoms. The summed E-state index contributed by atoms with van der Waals surface area (Å²) in [5.41, 5.74) is 0. The summed E-state index contributed by atoms with van der Waals surface area (Å²) in [4.78, 5) is 13.8. The number of hydrogen-bond donors (Lipinski definition) is 0. The molecule has 1 aliphatic carbocycles. The smallest absolute Gasteiger partial charge is 0.228 e. The number of carbonyl (C=O) groups is 1. The van der Waals surface area contributed by atoms with Crippen LogP contribution < -0.4 is 0 Å². The Kier molecular flexibility index (Phi) is 4.10. The van der Waals surface area contributed by atoms with E-state index in [0.717, 1.165) is 12.8 Å². The van der Waals surface area contributed by atoms with Crippen LogP contribution in [0.2, 0.25) is 0 Å². The second-order valence-electron chi connectivity index (χ2n) is 5.08. The van der Waals surface area contributed by atoms with E-state index >= 15 is 0 Å². The van der Waals surface area contributed by atoms with Crippen LogP contribution in [0.4, 0.5) is 0 Å². The Bertz CT molecular complexity index is 466. The summed E-state index contributed by atoms with van der Waals surface area (Å²) < 4.78 is 25.3. The fraction of sp³-hybridized carbons (Fsp3) is 0.615. The normalized spacial score (nSPS) is 20.6. The molecule has 0 aromatic carbocycles. The van der Waals surface area contributed by atoms with Crippen molar-refractivity contribution in [2.24, 2.45) is 5.92 Å². The van der Waals surface area contributed by atoms with Gasteiger partial charge in [-0.15, -0.1) is 13.2 Å². The van der Waals surface area contributed by atoms with Crippen molar-refractivity contribution in [1.82, 2.24) is 9.21 Å². The van der Waals surface area contributed by atoms with Crippen LogP contribution in [0.1, 0.15) is 12.8 Å². The topological polar surface area (TPSA) is 57.7 Å². The Morgan fingerprint density at radius 2 is 1.74 bits per heavy atom. The molecule has 1 saturated heterocycles. The summed E-state index contributed by atoms with van der Waals surface area (Å²) in [5.74, 6) is -0.226. The van der Waals surface area contributed by atoms with Crippen molar-refractivity contribution >= 4 is 15.9 Å². The minimum absolute atomic E-state index is 0.0120. The van der Waals surface area contributed by atoms with Gasteiger partial charge in [-0.2, -0.15) is 4.31 Å². The number of hydrogen-bond acceptors (Lipinski definition) is 3. The molecule has 2 fully saturated rings. The molecule has 2 aliphatic rings. The first-order valence-electron chi connectivity index (χ1n) is 6.50. The second kappa shape index (κ2) is 5.46. The van der Waals surface area contributed by atoms with Gasteiger partial charge in [-0.05, 0) is 12.8 Å². The maximum atomic E-state index is 12.2. The van der Waals surface area contributed by atoms with Gasteiger partial charge in [0.15, 0.2) is 0 Å². The zero-order chi connectivity index (χ0) is 14.0. The largest absolute Gasteiger partial charge is 0.335 e. The van der Waals surface area contributed by atoms with E-state index in [9.17, 15) is 13.2 Å². The number of amides is 1. The summed E-state index contributed by atoms with van der Waals surface area (Å²) >= 11 is 0. The van der Waals surface area contributed by atoms with E-state index in [1.54, 1.807) is 17.1 Å². The molecule has 6 heteroatoms. The van der Waals surface area contributed by atoms with Gasteiger partial charge in [0, 0.05) is 26.2 Å². The van der Waals surface area contributed by atoms with E-state index in [-0.39, 0.29) is 17.1 Å². The van der Waals surface area contributed by atoms with Gasteiger partial charge in [0.05, 0.1) is 11.2 Å². The summed E-state index contributed by atoms with van der Waals surface area (Å²) in [5, 5.41) is -0.194. The molecule has 1 amide bonds. The predicted octanol–water partition coefficient (Wildman–Crippen LogP) is 0.611. The lowest BCUT2D eigenvalue weighted by atomic mass is 10.0. The van der Waals surface area contributed by atoms with E-state index in [1.807, 2.05) is 0 Å².